The summed E-state index contributed by atoms with van der Waals surface area (Å²) < 4.78 is 42.5. The Morgan fingerprint density at radius 3 is 2.38 bits per heavy atom. The lowest BCUT2D eigenvalue weighted by molar-refractivity contribution is -0.137. The molecule has 2 rings (SSSR count). The Hall–Kier alpha value is -1.31. The third kappa shape index (κ3) is 5.18. The van der Waals surface area contributed by atoms with Crippen molar-refractivity contribution in [3.05, 3.63) is 29.8 Å². The molecule has 7 heteroatoms. The van der Waals surface area contributed by atoms with E-state index >= 15 is 0 Å². The molecule has 0 radical (unpaired) electrons. The molecular formula is C14H19F3N2O2. The van der Waals surface area contributed by atoms with Gasteiger partial charge in [-0.15, -0.1) is 0 Å². The molecule has 1 aromatic carbocycles. The Kier molecular flexibility index (Phi) is 5.44. The second-order valence-corrected chi connectivity index (χ2v) is 5.02. The highest BCUT2D eigenvalue weighted by molar-refractivity contribution is 5.45. The first-order chi connectivity index (χ1) is 9.95. The Labute approximate surface area is 121 Å². The molecule has 0 aliphatic carbocycles. The van der Waals surface area contributed by atoms with Gasteiger partial charge >= 0.3 is 6.18 Å². The highest BCUT2D eigenvalue weighted by Gasteiger charge is 2.29. The van der Waals surface area contributed by atoms with E-state index in [4.69, 9.17) is 4.74 Å². The van der Waals surface area contributed by atoms with Crippen LogP contribution in [0.2, 0.25) is 0 Å². The number of anilines is 1. The minimum absolute atomic E-state index is 0.294. The van der Waals surface area contributed by atoms with Gasteiger partial charge in [-0.3, -0.25) is 4.90 Å². The van der Waals surface area contributed by atoms with Gasteiger partial charge in [0, 0.05) is 31.9 Å². The molecule has 2 N–H and O–H groups in total. The number of benzene rings is 1. The fraction of sp³-hybridized carbons (Fsp3) is 0.571. The molecule has 0 aromatic heterocycles. The Morgan fingerprint density at radius 2 is 1.81 bits per heavy atom. The minimum atomic E-state index is -4.33. The van der Waals surface area contributed by atoms with Gasteiger partial charge in [-0.2, -0.15) is 13.2 Å². The predicted octanol–water partition coefficient (Wildman–Crippen LogP) is 1.81. The van der Waals surface area contributed by atoms with Crippen molar-refractivity contribution in [2.45, 2.75) is 12.3 Å². The fourth-order valence-electron chi connectivity index (χ4n) is 2.16. The average Bonchev–Trinajstić information content (AvgIpc) is 2.46. The van der Waals surface area contributed by atoms with Gasteiger partial charge in [-0.05, 0) is 24.3 Å². The van der Waals surface area contributed by atoms with Crippen LogP contribution in [0.4, 0.5) is 18.9 Å². The number of alkyl halides is 3. The van der Waals surface area contributed by atoms with Crippen molar-refractivity contribution in [3.63, 3.8) is 0 Å². The van der Waals surface area contributed by atoms with Crippen molar-refractivity contribution >= 4 is 5.69 Å². The molecule has 0 spiro atoms. The number of hydrogen-bond donors (Lipinski definition) is 2. The Bertz CT molecular complexity index is 431. The molecule has 0 bridgehead atoms. The van der Waals surface area contributed by atoms with Crippen molar-refractivity contribution in [1.29, 1.82) is 0 Å². The first-order valence-corrected chi connectivity index (χ1v) is 6.84. The quantitative estimate of drug-likeness (QED) is 0.871. The summed E-state index contributed by atoms with van der Waals surface area (Å²) in [5.74, 6) is 0. The van der Waals surface area contributed by atoms with Gasteiger partial charge in [-0.25, -0.2) is 0 Å². The maximum atomic E-state index is 12.4. The molecule has 1 aliphatic heterocycles. The van der Waals surface area contributed by atoms with Gasteiger partial charge in [0.25, 0.3) is 0 Å². The van der Waals surface area contributed by atoms with Crippen LogP contribution >= 0.6 is 0 Å². The average molecular weight is 304 g/mol. The monoisotopic (exact) mass is 304 g/mol. The largest absolute Gasteiger partial charge is 0.416 e. The predicted molar refractivity (Wildman–Crippen MR) is 73.2 cm³/mol. The first kappa shape index (κ1) is 16.1. The van der Waals surface area contributed by atoms with Gasteiger partial charge in [0.1, 0.15) is 0 Å². The summed E-state index contributed by atoms with van der Waals surface area (Å²) in [4.78, 5) is 2.10. The highest BCUT2D eigenvalue weighted by atomic mass is 19.4. The number of nitrogens with one attached hydrogen (secondary N) is 1. The third-order valence-electron chi connectivity index (χ3n) is 3.33. The molecular weight excluding hydrogens is 285 g/mol. The van der Waals surface area contributed by atoms with E-state index in [0.717, 1.165) is 25.2 Å². The normalized spacial score (nSPS) is 18.5. The Morgan fingerprint density at radius 1 is 1.19 bits per heavy atom. The standard InChI is InChI=1S/C14H19F3N2O2/c15-14(16,17)11-1-3-12(4-2-11)18-9-13(20)10-19-5-7-21-8-6-19/h1-4,13,18,20H,5-10H2. The molecule has 1 saturated heterocycles. The van der Waals surface area contributed by atoms with Gasteiger partial charge in [-0.1, -0.05) is 0 Å². The molecule has 1 unspecified atom stereocenters. The van der Waals surface area contributed by atoms with Crippen LogP contribution in [0.3, 0.4) is 0 Å². The van der Waals surface area contributed by atoms with Crippen LogP contribution in [0, 0.1) is 0 Å². The van der Waals surface area contributed by atoms with Crippen molar-refractivity contribution in [2.24, 2.45) is 0 Å². The molecule has 1 heterocycles. The number of halogens is 3. The second kappa shape index (κ2) is 7.11. The van der Waals surface area contributed by atoms with Crippen molar-refractivity contribution in [2.75, 3.05) is 44.7 Å². The summed E-state index contributed by atoms with van der Waals surface area (Å²) in [6.07, 6.45) is -4.90. The summed E-state index contributed by atoms with van der Waals surface area (Å²) in [5, 5.41) is 12.9. The second-order valence-electron chi connectivity index (χ2n) is 5.02. The van der Waals surface area contributed by atoms with E-state index < -0.39 is 17.8 Å². The number of hydrogen-bond acceptors (Lipinski definition) is 4. The van der Waals surface area contributed by atoms with Gasteiger partial charge in [0.2, 0.25) is 0 Å². The van der Waals surface area contributed by atoms with Crippen LogP contribution in [-0.4, -0.2) is 55.5 Å². The lowest BCUT2D eigenvalue weighted by Crippen LogP contribution is -2.42. The summed E-state index contributed by atoms with van der Waals surface area (Å²) in [6.45, 7) is 3.73. The third-order valence-corrected chi connectivity index (χ3v) is 3.33. The van der Waals surface area contributed by atoms with Gasteiger partial charge in [0.05, 0.1) is 24.9 Å². The van der Waals surface area contributed by atoms with E-state index in [1.807, 2.05) is 0 Å². The summed E-state index contributed by atoms with van der Waals surface area (Å²) in [5.41, 5.74) is -0.119. The first-order valence-electron chi connectivity index (χ1n) is 6.84. The number of ether oxygens (including phenoxy) is 1. The fourth-order valence-corrected chi connectivity index (χ4v) is 2.16. The number of β-amino-alcohol motifs (C(OH)–C–C–N with tert-alkyl or cyclic N) is 1. The zero-order valence-corrected chi connectivity index (χ0v) is 11.6. The molecule has 0 saturated carbocycles. The summed E-state index contributed by atoms with van der Waals surface area (Å²) in [7, 11) is 0. The topological polar surface area (TPSA) is 44.7 Å². The van der Waals surface area contributed by atoms with Crippen molar-refractivity contribution in [1.82, 2.24) is 4.90 Å². The number of nitrogens with zero attached hydrogens (tertiary/aromatic N) is 1. The molecule has 1 fully saturated rings. The van der Waals surface area contributed by atoms with Gasteiger partial charge < -0.3 is 15.2 Å². The molecule has 21 heavy (non-hydrogen) atoms. The van der Waals surface area contributed by atoms with E-state index in [2.05, 4.69) is 10.2 Å². The van der Waals surface area contributed by atoms with Crippen LogP contribution in [0.5, 0.6) is 0 Å². The summed E-state index contributed by atoms with van der Waals surface area (Å²) >= 11 is 0. The van der Waals surface area contributed by atoms with E-state index in [0.29, 0.717) is 32.0 Å². The maximum Gasteiger partial charge on any atom is 0.416 e. The Balaban J connectivity index is 1.76. The van der Waals surface area contributed by atoms with Crippen LogP contribution in [0.15, 0.2) is 24.3 Å². The zero-order chi connectivity index (χ0) is 15.3. The number of morpholine rings is 1. The van der Waals surface area contributed by atoms with Crippen LogP contribution in [0.1, 0.15) is 5.56 Å². The van der Waals surface area contributed by atoms with Crippen molar-refractivity contribution in [3.8, 4) is 0 Å². The van der Waals surface area contributed by atoms with Crippen LogP contribution in [0.25, 0.3) is 0 Å². The highest BCUT2D eigenvalue weighted by Crippen LogP contribution is 2.29. The van der Waals surface area contributed by atoms with E-state index in [1.54, 1.807) is 0 Å². The molecule has 1 aromatic rings. The van der Waals surface area contributed by atoms with E-state index in [-0.39, 0.29) is 0 Å². The minimum Gasteiger partial charge on any atom is -0.390 e. The summed E-state index contributed by atoms with van der Waals surface area (Å²) in [6, 6.07) is 4.78. The lowest BCUT2D eigenvalue weighted by Gasteiger charge is -2.28. The lowest BCUT2D eigenvalue weighted by atomic mass is 10.2. The zero-order valence-electron chi connectivity index (χ0n) is 11.6. The van der Waals surface area contributed by atoms with Crippen LogP contribution in [-0.2, 0) is 10.9 Å². The molecule has 4 nitrogen and oxygen atoms in total. The number of aliphatic hydroxyl groups is 1. The van der Waals surface area contributed by atoms with Gasteiger partial charge in [0.15, 0.2) is 0 Å². The van der Waals surface area contributed by atoms with Crippen molar-refractivity contribution < 1.29 is 23.0 Å². The smallest absolute Gasteiger partial charge is 0.390 e. The molecule has 0 amide bonds. The molecule has 1 aliphatic rings. The van der Waals surface area contributed by atoms with E-state index in [1.165, 1.54) is 12.1 Å². The van der Waals surface area contributed by atoms with Crippen LogP contribution < -0.4 is 5.32 Å². The number of aliphatic hydroxyl groups excluding tert-OH is 1. The number of rotatable bonds is 5. The SMILES string of the molecule is OC(CNc1ccc(C(F)(F)F)cc1)CN1CCOCC1. The maximum absolute atomic E-state index is 12.4. The molecule has 118 valence electrons. The van der Waals surface area contributed by atoms with E-state index in [9.17, 15) is 18.3 Å². The molecule has 1 atom stereocenters.